The molecule has 2 aromatic carbocycles. The lowest BCUT2D eigenvalue weighted by Crippen LogP contribution is -2.01. The number of ether oxygens (including phenoxy) is 1. The van der Waals surface area contributed by atoms with Gasteiger partial charge in [0.15, 0.2) is 0 Å². The Morgan fingerprint density at radius 3 is 2.48 bits per heavy atom. The van der Waals surface area contributed by atoms with E-state index in [1.165, 1.54) is 0 Å². The molecule has 1 aromatic heterocycles. The Morgan fingerprint density at radius 1 is 1.13 bits per heavy atom. The molecule has 1 N–H and O–H groups in total. The summed E-state index contributed by atoms with van der Waals surface area (Å²) in [6.45, 7) is 0.165. The molecule has 0 radical (unpaired) electrons. The number of hydrogen-bond donors (Lipinski definition) is 1. The number of aromatic nitrogens is 1. The van der Waals surface area contributed by atoms with Crippen LogP contribution in [-0.4, -0.2) is 16.1 Å². The zero-order chi connectivity index (χ0) is 16.2. The molecule has 0 fully saturated rings. The SMILES string of the molecule is O=C(O)c1oc(-c2ccccc2)nc1OCc1ccc(Cl)cc1. The van der Waals surface area contributed by atoms with Gasteiger partial charge in [0, 0.05) is 10.6 Å². The third-order valence-corrected chi connectivity index (χ3v) is 3.35. The number of hydrogen-bond acceptors (Lipinski definition) is 4. The monoisotopic (exact) mass is 329 g/mol. The fourth-order valence-electron chi connectivity index (χ4n) is 1.98. The van der Waals surface area contributed by atoms with Crippen molar-refractivity contribution < 1.29 is 19.1 Å². The van der Waals surface area contributed by atoms with Crippen LogP contribution in [0.25, 0.3) is 11.5 Å². The van der Waals surface area contributed by atoms with Gasteiger partial charge in [-0.2, -0.15) is 4.98 Å². The zero-order valence-electron chi connectivity index (χ0n) is 11.9. The predicted octanol–water partition coefficient (Wildman–Crippen LogP) is 4.27. The minimum absolute atomic E-state index is 0.0497. The van der Waals surface area contributed by atoms with Crippen molar-refractivity contribution in [2.45, 2.75) is 6.61 Å². The van der Waals surface area contributed by atoms with E-state index in [1.54, 1.807) is 36.4 Å². The van der Waals surface area contributed by atoms with Gasteiger partial charge in [0.1, 0.15) is 6.61 Å². The van der Waals surface area contributed by atoms with E-state index in [0.29, 0.717) is 10.6 Å². The molecule has 0 saturated carbocycles. The minimum atomic E-state index is -1.23. The van der Waals surface area contributed by atoms with E-state index >= 15 is 0 Å². The van der Waals surface area contributed by atoms with Crippen LogP contribution in [0.4, 0.5) is 0 Å². The lowest BCUT2D eigenvalue weighted by atomic mass is 10.2. The summed E-state index contributed by atoms with van der Waals surface area (Å²) in [6, 6.07) is 16.1. The number of nitrogens with zero attached hydrogens (tertiary/aromatic N) is 1. The van der Waals surface area contributed by atoms with Crippen LogP contribution in [-0.2, 0) is 6.61 Å². The highest BCUT2D eigenvalue weighted by Crippen LogP contribution is 2.27. The van der Waals surface area contributed by atoms with Crippen LogP contribution in [0, 0.1) is 0 Å². The maximum Gasteiger partial charge on any atom is 0.377 e. The highest BCUT2D eigenvalue weighted by Gasteiger charge is 2.22. The first-order valence-electron chi connectivity index (χ1n) is 6.80. The Morgan fingerprint density at radius 2 is 1.83 bits per heavy atom. The van der Waals surface area contributed by atoms with E-state index in [1.807, 2.05) is 18.2 Å². The van der Waals surface area contributed by atoms with Crippen LogP contribution in [0.1, 0.15) is 16.1 Å². The molecule has 0 aliphatic heterocycles. The number of aromatic carboxylic acids is 1. The van der Waals surface area contributed by atoms with Gasteiger partial charge in [-0.15, -0.1) is 0 Å². The minimum Gasteiger partial charge on any atom is -0.475 e. The maximum absolute atomic E-state index is 11.3. The Balaban J connectivity index is 1.84. The van der Waals surface area contributed by atoms with E-state index in [2.05, 4.69) is 4.98 Å². The van der Waals surface area contributed by atoms with Gasteiger partial charge in [0.2, 0.25) is 5.89 Å². The summed E-state index contributed by atoms with van der Waals surface area (Å²) in [5, 5.41) is 9.85. The summed E-state index contributed by atoms with van der Waals surface area (Å²) >= 11 is 5.82. The van der Waals surface area contributed by atoms with Crippen LogP contribution in [0.5, 0.6) is 5.88 Å². The maximum atomic E-state index is 11.3. The molecule has 0 aliphatic rings. The third kappa shape index (κ3) is 3.52. The Labute approximate surface area is 137 Å². The van der Waals surface area contributed by atoms with Crippen molar-refractivity contribution in [1.29, 1.82) is 0 Å². The first-order valence-corrected chi connectivity index (χ1v) is 7.18. The quantitative estimate of drug-likeness (QED) is 0.756. The standard InChI is InChI=1S/C17H12ClNO4/c18-13-8-6-11(7-9-13)10-22-16-14(17(20)21)23-15(19-16)12-4-2-1-3-5-12/h1-9H,10H2,(H,20,21). The topological polar surface area (TPSA) is 72.6 Å². The van der Waals surface area contributed by atoms with Gasteiger partial charge < -0.3 is 14.3 Å². The highest BCUT2D eigenvalue weighted by molar-refractivity contribution is 6.30. The van der Waals surface area contributed by atoms with Crippen LogP contribution in [0.3, 0.4) is 0 Å². The van der Waals surface area contributed by atoms with Gasteiger partial charge in [-0.3, -0.25) is 0 Å². The second-order valence-corrected chi connectivity index (χ2v) is 5.18. The van der Waals surface area contributed by atoms with Crippen molar-refractivity contribution in [3.8, 4) is 17.3 Å². The number of benzene rings is 2. The second kappa shape index (κ2) is 6.54. The first kappa shape index (κ1) is 15.1. The molecule has 5 nitrogen and oxygen atoms in total. The van der Waals surface area contributed by atoms with Gasteiger partial charge in [0.25, 0.3) is 11.6 Å². The number of carbonyl (C=O) groups is 1. The van der Waals surface area contributed by atoms with Crippen molar-refractivity contribution in [2.24, 2.45) is 0 Å². The molecule has 0 atom stereocenters. The Hall–Kier alpha value is -2.79. The van der Waals surface area contributed by atoms with Gasteiger partial charge in [0.05, 0.1) is 0 Å². The van der Waals surface area contributed by atoms with Crippen molar-refractivity contribution in [2.75, 3.05) is 0 Å². The first-order chi connectivity index (χ1) is 11.1. The molecule has 1 heterocycles. The average Bonchev–Trinajstić information content (AvgIpc) is 3.00. The predicted molar refractivity (Wildman–Crippen MR) is 84.7 cm³/mol. The average molecular weight is 330 g/mol. The van der Waals surface area contributed by atoms with Crippen molar-refractivity contribution in [1.82, 2.24) is 4.98 Å². The van der Waals surface area contributed by atoms with Crippen LogP contribution in [0.15, 0.2) is 59.0 Å². The third-order valence-electron chi connectivity index (χ3n) is 3.10. The normalized spacial score (nSPS) is 10.5. The smallest absolute Gasteiger partial charge is 0.377 e. The van der Waals surface area contributed by atoms with Gasteiger partial charge in [-0.1, -0.05) is 41.9 Å². The summed E-state index contributed by atoms with van der Waals surface area (Å²) < 4.78 is 10.8. The number of halogens is 1. The summed E-state index contributed by atoms with van der Waals surface area (Å²) in [4.78, 5) is 15.4. The molecule has 0 amide bonds. The fraction of sp³-hybridized carbons (Fsp3) is 0.0588. The largest absolute Gasteiger partial charge is 0.475 e. The molecular weight excluding hydrogens is 318 g/mol. The molecule has 23 heavy (non-hydrogen) atoms. The van der Waals surface area contributed by atoms with Crippen molar-refractivity contribution >= 4 is 17.6 Å². The molecule has 0 spiro atoms. The van der Waals surface area contributed by atoms with Gasteiger partial charge in [-0.05, 0) is 29.8 Å². The number of oxazole rings is 1. The van der Waals surface area contributed by atoms with E-state index in [-0.39, 0.29) is 24.1 Å². The Kier molecular flexibility index (Phi) is 4.30. The molecule has 3 rings (SSSR count). The zero-order valence-corrected chi connectivity index (χ0v) is 12.7. The van der Waals surface area contributed by atoms with Crippen molar-refractivity contribution in [3.63, 3.8) is 0 Å². The lowest BCUT2D eigenvalue weighted by Gasteiger charge is -2.03. The molecular formula is C17H12ClNO4. The van der Waals surface area contributed by atoms with Crippen LogP contribution >= 0.6 is 11.6 Å². The number of carboxylic acids is 1. The summed E-state index contributed by atoms with van der Waals surface area (Å²) in [5.41, 5.74) is 1.52. The highest BCUT2D eigenvalue weighted by atomic mass is 35.5. The van der Waals surface area contributed by atoms with E-state index < -0.39 is 5.97 Å². The lowest BCUT2D eigenvalue weighted by molar-refractivity contribution is 0.0656. The second-order valence-electron chi connectivity index (χ2n) is 4.74. The molecule has 3 aromatic rings. The molecule has 0 bridgehead atoms. The van der Waals surface area contributed by atoms with Crippen LogP contribution < -0.4 is 4.74 Å². The summed E-state index contributed by atoms with van der Waals surface area (Å²) in [6.07, 6.45) is 0. The molecule has 6 heteroatoms. The van der Waals surface area contributed by atoms with Gasteiger partial charge >= 0.3 is 5.97 Å². The molecule has 116 valence electrons. The number of rotatable bonds is 5. The van der Waals surface area contributed by atoms with E-state index in [9.17, 15) is 9.90 Å². The van der Waals surface area contributed by atoms with Crippen molar-refractivity contribution in [3.05, 3.63) is 70.9 Å². The Bertz CT molecular complexity index is 812. The number of carboxylic acid groups (broad SMARTS) is 1. The summed E-state index contributed by atoms with van der Waals surface area (Å²) in [7, 11) is 0. The molecule has 0 saturated heterocycles. The van der Waals surface area contributed by atoms with Crippen LogP contribution in [0.2, 0.25) is 5.02 Å². The molecule has 0 unspecified atom stereocenters. The molecule has 0 aliphatic carbocycles. The van der Waals surface area contributed by atoms with E-state index in [0.717, 1.165) is 5.56 Å². The summed E-state index contributed by atoms with van der Waals surface area (Å²) in [5.74, 6) is -1.40. The van der Waals surface area contributed by atoms with Gasteiger partial charge in [-0.25, -0.2) is 4.79 Å². The fourth-order valence-corrected chi connectivity index (χ4v) is 2.10. The van der Waals surface area contributed by atoms with E-state index in [4.69, 9.17) is 20.8 Å².